The van der Waals surface area contributed by atoms with Crippen molar-refractivity contribution in [2.45, 2.75) is 70.9 Å². The zero-order valence-electron chi connectivity index (χ0n) is 15.7. The monoisotopic (exact) mass is 347 g/mol. The molecule has 2 aliphatic rings. The largest absolute Gasteiger partial charge is 0.476 e. The van der Waals surface area contributed by atoms with Crippen LogP contribution in [0.15, 0.2) is 18.2 Å². The smallest absolute Gasteiger partial charge is 0.452 e. The van der Waals surface area contributed by atoms with Crippen LogP contribution in [0, 0.1) is 0 Å². The second-order valence-corrected chi connectivity index (χ2v) is 8.18. The molecular formula is C18H26BNO5. The molecule has 1 aromatic rings. The van der Waals surface area contributed by atoms with Gasteiger partial charge in [0.2, 0.25) is 5.79 Å². The van der Waals surface area contributed by atoms with Gasteiger partial charge in [-0.05, 0) is 45.7 Å². The summed E-state index contributed by atoms with van der Waals surface area (Å²) >= 11 is 0. The predicted octanol–water partition coefficient (Wildman–Crippen LogP) is 2.47. The van der Waals surface area contributed by atoms with Gasteiger partial charge >= 0.3 is 13.1 Å². The fourth-order valence-corrected chi connectivity index (χ4v) is 2.99. The summed E-state index contributed by atoms with van der Waals surface area (Å²) in [7, 11) is -0.524. The van der Waals surface area contributed by atoms with Gasteiger partial charge in [-0.1, -0.05) is 12.1 Å². The Kier molecular flexibility index (Phi) is 4.17. The van der Waals surface area contributed by atoms with Crippen LogP contribution in [0.5, 0.6) is 5.75 Å². The van der Waals surface area contributed by atoms with E-state index in [1.165, 1.54) is 0 Å². The molecule has 3 rings (SSSR count). The summed E-state index contributed by atoms with van der Waals surface area (Å²) in [5.41, 5.74) is 6.75. The van der Waals surface area contributed by atoms with Gasteiger partial charge in [-0.15, -0.1) is 0 Å². The van der Waals surface area contributed by atoms with Gasteiger partial charge in [-0.3, -0.25) is 0 Å². The van der Waals surface area contributed by atoms with Crippen molar-refractivity contribution in [2.75, 3.05) is 0 Å². The molecule has 7 heteroatoms. The van der Waals surface area contributed by atoms with Gasteiger partial charge in [0.05, 0.1) is 11.2 Å². The van der Waals surface area contributed by atoms with Crippen LogP contribution in [0.4, 0.5) is 0 Å². The average molecular weight is 347 g/mol. The van der Waals surface area contributed by atoms with Gasteiger partial charge < -0.3 is 24.5 Å². The molecule has 2 heterocycles. The lowest BCUT2D eigenvalue weighted by molar-refractivity contribution is -0.127. The molecular weight excluding hydrogens is 321 g/mol. The zero-order valence-corrected chi connectivity index (χ0v) is 15.7. The standard InChI is InChI=1S/C18H26BNO5/c1-16(2)17(3,4)25-19(24-16)13(20)10-11-8-7-9-12-14(11)22-18(5,6)23-15(12)21/h7-9,13H,10,20H2,1-6H3/t13-/m0/s1. The third kappa shape index (κ3) is 3.28. The van der Waals surface area contributed by atoms with Crippen molar-refractivity contribution < 1.29 is 23.6 Å². The van der Waals surface area contributed by atoms with E-state index in [2.05, 4.69) is 0 Å². The summed E-state index contributed by atoms with van der Waals surface area (Å²) in [6.45, 7) is 11.4. The summed E-state index contributed by atoms with van der Waals surface area (Å²) in [6.07, 6.45) is 0.462. The van der Waals surface area contributed by atoms with Crippen molar-refractivity contribution in [3.63, 3.8) is 0 Å². The maximum atomic E-state index is 12.2. The number of benzene rings is 1. The van der Waals surface area contributed by atoms with Crippen molar-refractivity contribution in [1.29, 1.82) is 0 Å². The van der Waals surface area contributed by atoms with E-state index in [-0.39, 0.29) is 0 Å². The minimum absolute atomic E-state index is 0.391. The summed E-state index contributed by atoms with van der Waals surface area (Å²) in [5.74, 6) is -1.26. The van der Waals surface area contributed by atoms with Gasteiger partial charge in [0.1, 0.15) is 11.3 Å². The normalized spacial score (nSPS) is 24.3. The van der Waals surface area contributed by atoms with Crippen molar-refractivity contribution in [2.24, 2.45) is 5.73 Å². The van der Waals surface area contributed by atoms with E-state index in [1.807, 2.05) is 33.8 Å². The molecule has 0 amide bonds. The Bertz CT molecular complexity index is 685. The Labute approximate surface area is 149 Å². The van der Waals surface area contributed by atoms with Crippen molar-refractivity contribution >= 4 is 13.1 Å². The molecule has 1 atom stereocenters. The molecule has 0 saturated carbocycles. The first-order chi connectivity index (χ1) is 11.4. The zero-order chi connectivity index (χ0) is 18.6. The van der Waals surface area contributed by atoms with E-state index in [1.54, 1.807) is 26.0 Å². The molecule has 0 aromatic heterocycles. The molecule has 0 aliphatic carbocycles. The number of carbonyl (C=O) groups excluding carboxylic acids is 1. The Hall–Kier alpha value is -1.57. The third-order valence-corrected chi connectivity index (χ3v) is 5.08. The molecule has 2 N–H and O–H groups in total. The van der Waals surface area contributed by atoms with E-state index >= 15 is 0 Å². The van der Waals surface area contributed by atoms with Crippen LogP contribution in [-0.4, -0.2) is 36.0 Å². The number of esters is 1. The van der Waals surface area contributed by atoms with E-state index in [4.69, 9.17) is 24.5 Å². The predicted molar refractivity (Wildman–Crippen MR) is 94.3 cm³/mol. The van der Waals surface area contributed by atoms with Crippen LogP contribution in [0.25, 0.3) is 0 Å². The van der Waals surface area contributed by atoms with Crippen molar-refractivity contribution in [3.05, 3.63) is 29.3 Å². The lowest BCUT2D eigenvalue weighted by atomic mass is 9.75. The molecule has 136 valence electrons. The molecule has 0 radical (unpaired) electrons. The molecule has 6 nitrogen and oxygen atoms in total. The lowest BCUT2D eigenvalue weighted by Gasteiger charge is -2.33. The number of hydrogen-bond acceptors (Lipinski definition) is 6. The Morgan fingerprint density at radius 1 is 1.04 bits per heavy atom. The highest BCUT2D eigenvalue weighted by molar-refractivity contribution is 6.47. The molecule has 25 heavy (non-hydrogen) atoms. The first-order valence-corrected chi connectivity index (χ1v) is 8.57. The molecule has 2 aliphatic heterocycles. The van der Waals surface area contributed by atoms with Crippen molar-refractivity contribution in [3.8, 4) is 5.75 Å². The molecule has 0 bridgehead atoms. The minimum atomic E-state index is -1.01. The fourth-order valence-electron chi connectivity index (χ4n) is 2.99. The summed E-state index contributed by atoms with van der Waals surface area (Å²) in [6, 6.07) is 5.39. The number of cyclic esters (lactones) is 1. The second-order valence-electron chi connectivity index (χ2n) is 8.18. The minimum Gasteiger partial charge on any atom is -0.452 e. The molecule has 1 aromatic carbocycles. The van der Waals surface area contributed by atoms with Gasteiger partial charge in [0.25, 0.3) is 0 Å². The number of fused-ring (bicyclic) bond motifs is 1. The third-order valence-electron chi connectivity index (χ3n) is 5.08. The van der Waals surface area contributed by atoms with Gasteiger partial charge in [0, 0.05) is 19.8 Å². The van der Waals surface area contributed by atoms with Crippen LogP contribution >= 0.6 is 0 Å². The highest BCUT2D eigenvalue weighted by Crippen LogP contribution is 2.39. The van der Waals surface area contributed by atoms with Gasteiger partial charge in [-0.25, -0.2) is 4.79 Å². The maximum absolute atomic E-state index is 12.2. The number of ether oxygens (including phenoxy) is 2. The van der Waals surface area contributed by atoms with Crippen LogP contribution in [0.3, 0.4) is 0 Å². The van der Waals surface area contributed by atoms with Crippen LogP contribution in [0.1, 0.15) is 57.5 Å². The van der Waals surface area contributed by atoms with E-state index in [0.29, 0.717) is 17.7 Å². The quantitative estimate of drug-likeness (QED) is 0.668. The van der Waals surface area contributed by atoms with Crippen LogP contribution < -0.4 is 10.5 Å². The number of para-hydroxylation sites is 1. The molecule has 1 saturated heterocycles. The highest BCUT2D eigenvalue weighted by atomic mass is 16.7. The topological polar surface area (TPSA) is 80.0 Å². The van der Waals surface area contributed by atoms with Crippen LogP contribution in [0.2, 0.25) is 0 Å². The summed E-state index contributed by atoms with van der Waals surface area (Å²) in [4.78, 5) is 12.2. The fraction of sp³-hybridized carbons (Fsp3) is 0.611. The van der Waals surface area contributed by atoms with Crippen molar-refractivity contribution in [1.82, 2.24) is 0 Å². The first-order valence-electron chi connectivity index (χ1n) is 8.57. The first kappa shape index (κ1) is 18.2. The summed E-state index contributed by atoms with van der Waals surface area (Å²) in [5, 5.41) is 0. The molecule has 0 unspecified atom stereocenters. The van der Waals surface area contributed by atoms with Gasteiger partial charge in [0.15, 0.2) is 0 Å². The number of rotatable bonds is 3. The number of nitrogens with two attached hydrogens (primary N) is 1. The highest BCUT2D eigenvalue weighted by Gasteiger charge is 2.53. The average Bonchev–Trinajstić information content (AvgIpc) is 2.67. The Morgan fingerprint density at radius 2 is 1.64 bits per heavy atom. The van der Waals surface area contributed by atoms with E-state index in [0.717, 1.165) is 5.56 Å². The Morgan fingerprint density at radius 3 is 2.24 bits per heavy atom. The van der Waals surface area contributed by atoms with E-state index in [9.17, 15) is 4.79 Å². The SMILES string of the molecule is CC1(C)OC(=O)c2cccc(C[C@H](N)B3OC(C)(C)C(C)(C)O3)c2O1. The summed E-state index contributed by atoms with van der Waals surface area (Å²) < 4.78 is 23.2. The lowest BCUT2D eigenvalue weighted by Crippen LogP contribution is -2.44. The Balaban J connectivity index is 1.83. The maximum Gasteiger partial charge on any atom is 0.476 e. The molecule has 0 spiro atoms. The second kappa shape index (κ2) is 5.72. The van der Waals surface area contributed by atoms with Crippen LogP contribution in [-0.2, 0) is 20.5 Å². The van der Waals surface area contributed by atoms with E-state index < -0.39 is 36.0 Å². The number of carbonyl (C=O) groups is 1. The molecule has 1 fully saturated rings. The number of hydrogen-bond donors (Lipinski definition) is 1. The van der Waals surface area contributed by atoms with Gasteiger partial charge in [-0.2, -0.15) is 0 Å².